The highest BCUT2D eigenvalue weighted by Crippen LogP contribution is 2.30. The molecule has 5 nitrogen and oxygen atoms in total. The van der Waals surface area contributed by atoms with Gasteiger partial charge in [0.05, 0.1) is 6.61 Å². The van der Waals surface area contributed by atoms with E-state index in [9.17, 15) is 9.59 Å². The van der Waals surface area contributed by atoms with Crippen molar-refractivity contribution in [2.75, 3.05) is 11.9 Å². The molecule has 1 fully saturated rings. The van der Waals surface area contributed by atoms with Gasteiger partial charge in [0, 0.05) is 31.1 Å². The molecule has 2 aromatic carbocycles. The van der Waals surface area contributed by atoms with Gasteiger partial charge in [-0.1, -0.05) is 31.2 Å². The monoisotopic (exact) mass is 406 g/mol. The minimum Gasteiger partial charge on any atom is -0.494 e. The van der Waals surface area contributed by atoms with Crippen molar-refractivity contribution in [3.05, 3.63) is 59.2 Å². The van der Waals surface area contributed by atoms with Crippen LogP contribution in [0.1, 0.15) is 55.7 Å². The smallest absolute Gasteiger partial charge is 0.224 e. The first kappa shape index (κ1) is 20.5. The number of hydrogen-bond acceptors (Lipinski definition) is 3. The summed E-state index contributed by atoms with van der Waals surface area (Å²) in [5.41, 5.74) is 4.51. The second-order valence-electron chi connectivity index (χ2n) is 8.24. The van der Waals surface area contributed by atoms with Gasteiger partial charge in [0.1, 0.15) is 5.75 Å². The summed E-state index contributed by atoms with van der Waals surface area (Å²) in [6, 6.07) is 14.8. The average molecular weight is 407 g/mol. The summed E-state index contributed by atoms with van der Waals surface area (Å²) in [6.45, 7) is 3.37. The SMILES string of the molecule is CCc1ccc(CN(C(=O)CCCOc2ccc3c(c2)CCC(=O)N3)C2CC2)cc1. The van der Waals surface area contributed by atoms with E-state index in [1.165, 1.54) is 11.1 Å². The van der Waals surface area contributed by atoms with Gasteiger partial charge in [0.25, 0.3) is 0 Å². The minimum absolute atomic E-state index is 0.0659. The van der Waals surface area contributed by atoms with E-state index in [0.29, 0.717) is 38.5 Å². The number of amides is 2. The van der Waals surface area contributed by atoms with Gasteiger partial charge in [-0.3, -0.25) is 9.59 Å². The zero-order valence-electron chi connectivity index (χ0n) is 17.7. The van der Waals surface area contributed by atoms with Gasteiger partial charge in [-0.25, -0.2) is 0 Å². The minimum atomic E-state index is 0.0659. The summed E-state index contributed by atoms with van der Waals surface area (Å²) in [5.74, 6) is 1.08. The highest BCUT2D eigenvalue weighted by molar-refractivity contribution is 5.94. The summed E-state index contributed by atoms with van der Waals surface area (Å²) in [5, 5.41) is 2.88. The maximum absolute atomic E-state index is 12.8. The van der Waals surface area contributed by atoms with Crippen LogP contribution >= 0.6 is 0 Å². The molecule has 1 N–H and O–H groups in total. The molecule has 2 aliphatic rings. The van der Waals surface area contributed by atoms with Crippen molar-refractivity contribution in [2.24, 2.45) is 0 Å². The van der Waals surface area contributed by atoms with Crippen LogP contribution in [0.3, 0.4) is 0 Å². The molecule has 1 aliphatic heterocycles. The summed E-state index contributed by atoms with van der Waals surface area (Å²) >= 11 is 0. The van der Waals surface area contributed by atoms with E-state index in [4.69, 9.17) is 4.74 Å². The molecule has 2 amide bonds. The van der Waals surface area contributed by atoms with Gasteiger partial charge >= 0.3 is 0 Å². The Kier molecular flexibility index (Phi) is 6.36. The number of ether oxygens (including phenoxy) is 1. The number of nitrogens with zero attached hydrogens (tertiary/aromatic N) is 1. The highest BCUT2D eigenvalue weighted by Gasteiger charge is 2.32. The van der Waals surface area contributed by atoms with Crippen LogP contribution in [0.25, 0.3) is 0 Å². The number of rotatable bonds is 9. The van der Waals surface area contributed by atoms with E-state index in [1.807, 2.05) is 23.1 Å². The molecular weight excluding hydrogens is 376 g/mol. The predicted octanol–water partition coefficient (Wildman–Crippen LogP) is 4.48. The predicted molar refractivity (Wildman–Crippen MR) is 118 cm³/mol. The summed E-state index contributed by atoms with van der Waals surface area (Å²) in [7, 11) is 0. The first-order valence-electron chi connectivity index (χ1n) is 11.0. The van der Waals surface area contributed by atoms with Crippen LogP contribution in [-0.4, -0.2) is 29.4 Å². The van der Waals surface area contributed by atoms with E-state index >= 15 is 0 Å². The lowest BCUT2D eigenvalue weighted by Crippen LogP contribution is -2.32. The van der Waals surface area contributed by atoms with Gasteiger partial charge in [-0.2, -0.15) is 0 Å². The van der Waals surface area contributed by atoms with Gasteiger partial charge in [-0.15, -0.1) is 0 Å². The van der Waals surface area contributed by atoms with Crippen molar-refractivity contribution in [1.29, 1.82) is 0 Å². The Bertz CT molecular complexity index is 903. The Morgan fingerprint density at radius 3 is 2.60 bits per heavy atom. The Hall–Kier alpha value is -2.82. The average Bonchev–Trinajstić information content (AvgIpc) is 3.60. The Labute approximate surface area is 178 Å². The molecule has 0 saturated heterocycles. The number of carbonyl (C=O) groups excluding carboxylic acids is 2. The number of benzene rings is 2. The highest BCUT2D eigenvalue weighted by atomic mass is 16.5. The molecule has 1 heterocycles. The molecular formula is C25H30N2O3. The maximum Gasteiger partial charge on any atom is 0.224 e. The lowest BCUT2D eigenvalue weighted by molar-refractivity contribution is -0.132. The Morgan fingerprint density at radius 2 is 1.87 bits per heavy atom. The molecule has 1 aliphatic carbocycles. The van der Waals surface area contributed by atoms with Crippen LogP contribution in [0.2, 0.25) is 0 Å². The first-order chi connectivity index (χ1) is 14.6. The molecule has 0 spiro atoms. The van der Waals surface area contributed by atoms with Gasteiger partial charge in [0.2, 0.25) is 11.8 Å². The summed E-state index contributed by atoms with van der Waals surface area (Å²) < 4.78 is 5.87. The van der Waals surface area contributed by atoms with Crippen LogP contribution < -0.4 is 10.1 Å². The summed E-state index contributed by atoms with van der Waals surface area (Å²) in [4.78, 5) is 26.3. The number of carbonyl (C=O) groups is 2. The third-order valence-corrected chi connectivity index (χ3v) is 5.87. The standard InChI is InChI=1S/C25H30N2O3/c1-2-18-5-7-19(8-6-18)17-27(21-10-11-21)25(29)4-3-15-30-22-12-13-23-20(16-22)9-14-24(28)26-23/h5-8,12-13,16,21H,2-4,9-11,14-15,17H2,1H3,(H,26,28). The quantitative estimate of drug-likeness (QED) is 0.625. The normalized spacial score (nSPS) is 15.3. The fourth-order valence-electron chi connectivity index (χ4n) is 3.89. The lowest BCUT2D eigenvalue weighted by atomic mass is 10.0. The molecule has 30 heavy (non-hydrogen) atoms. The number of fused-ring (bicyclic) bond motifs is 1. The van der Waals surface area contributed by atoms with Crippen LogP contribution in [0.15, 0.2) is 42.5 Å². The zero-order valence-corrected chi connectivity index (χ0v) is 17.7. The molecule has 0 bridgehead atoms. The van der Waals surface area contributed by atoms with E-state index in [2.05, 4.69) is 36.5 Å². The molecule has 0 radical (unpaired) electrons. The first-order valence-corrected chi connectivity index (χ1v) is 11.0. The fraction of sp³-hybridized carbons (Fsp3) is 0.440. The number of hydrogen-bond donors (Lipinski definition) is 1. The van der Waals surface area contributed by atoms with Gasteiger partial charge in [0.15, 0.2) is 0 Å². The van der Waals surface area contributed by atoms with Crippen LogP contribution in [-0.2, 0) is 29.0 Å². The third kappa shape index (κ3) is 5.21. The molecule has 5 heteroatoms. The second-order valence-corrected chi connectivity index (χ2v) is 8.24. The molecule has 2 aromatic rings. The van der Waals surface area contributed by atoms with E-state index < -0.39 is 0 Å². The van der Waals surface area contributed by atoms with Crippen molar-refractivity contribution >= 4 is 17.5 Å². The third-order valence-electron chi connectivity index (χ3n) is 5.87. The molecule has 0 unspecified atom stereocenters. The largest absolute Gasteiger partial charge is 0.494 e. The van der Waals surface area contributed by atoms with E-state index in [1.54, 1.807) is 0 Å². The zero-order chi connectivity index (χ0) is 20.9. The number of anilines is 1. The Morgan fingerprint density at radius 1 is 1.10 bits per heavy atom. The number of nitrogens with one attached hydrogen (secondary N) is 1. The van der Waals surface area contributed by atoms with Crippen LogP contribution in [0, 0.1) is 0 Å². The van der Waals surface area contributed by atoms with Crippen molar-refractivity contribution in [3.63, 3.8) is 0 Å². The molecule has 0 atom stereocenters. The lowest BCUT2D eigenvalue weighted by Gasteiger charge is -2.23. The maximum atomic E-state index is 12.8. The molecule has 158 valence electrons. The van der Waals surface area contributed by atoms with Crippen molar-refractivity contribution in [1.82, 2.24) is 4.90 Å². The second kappa shape index (κ2) is 9.33. The fourth-order valence-corrected chi connectivity index (χ4v) is 3.89. The van der Waals surface area contributed by atoms with Gasteiger partial charge in [-0.05, 0) is 67.0 Å². The number of aryl methyl sites for hydroxylation is 2. The Balaban J connectivity index is 1.25. The van der Waals surface area contributed by atoms with Crippen LogP contribution in [0.5, 0.6) is 5.75 Å². The van der Waals surface area contributed by atoms with E-state index in [0.717, 1.165) is 42.7 Å². The molecule has 1 saturated carbocycles. The topological polar surface area (TPSA) is 58.6 Å². The van der Waals surface area contributed by atoms with Crippen LogP contribution in [0.4, 0.5) is 5.69 Å². The van der Waals surface area contributed by atoms with Crippen molar-refractivity contribution in [3.8, 4) is 5.75 Å². The van der Waals surface area contributed by atoms with Crippen molar-refractivity contribution < 1.29 is 14.3 Å². The summed E-state index contributed by atoms with van der Waals surface area (Å²) in [6.07, 6.45) is 5.72. The van der Waals surface area contributed by atoms with E-state index in [-0.39, 0.29) is 11.8 Å². The van der Waals surface area contributed by atoms with Crippen molar-refractivity contribution in [2.45, 2.75) is 64.5 Å². The molecule has 4 rings (SSSR count). The molecule has 0 aromatic heterocycles. The van der Waals surface area contributed by atoms with Gasteiger partial charge < -0.3 is 15.0 Å².